The van der Waals surface area contributed by atoms with Gasteiger partial charge in [0.2, 0.25) is 11.8 Å². The van der Waals surface area contributed by atoms with Crippen LogP contribution in [0.15, 0.2) is 54.6 Å². The molecule has 1 saturated heterocycles. The van der Waals surface area contributed by atoms with Gasteiger partial charge in [-0.15, -0.1) is 0 Å². The molecule has 7 heteroatoms. The molecule has 2 N–H and O–H groups in total. The Bertz CT molecular complexity index is 889. The lowest BCUT2D eigenvalue weighted by molar-refractivity contribution is -0.152. The van der Waals surface area contributed by atoms with E-state index in [-0.39, 0.29) is 12.3 Å². The van der Waals surface area contributed by atoms with Crippen molar-refractivity contribution in [1.29, 1.82) is 0 Å². The average molecular weight is 447 g/mol. The predicted molar refractivity (Wildman–Crippen MR) is 120 cm³/mol. The highest BCUT2D eigenvalue weighted by Crippen LogP contribution is 2.33. The van der Waals surface area contributed by atoms with Crippen LogP contribution in [0.25, 0.3) is 0 Å². The third-order valence-electron chi connectivity index (χ3n) is 5.37. The highest BCUT2D eigenvalue weighted by atomic mass is 35.5. The van der Waals surface area contributed by atoms with Gasteiger partial charge in [-0.3, -0.25) is 13.8 Å². The summed E-state index contributed by atoms with van der Waals surface area (Å²) in [4.78, 5) is 25.6. The molecule has 0 saturated carbocycles. The number of aryl methyl sites for hydroxylation is 1. The number of nitrogens with zero attached hydrogens (tertiary/aromatic N) is 1. The topological polar surface area (TPSA) is 80.5 Å². The highest BCUT2D eigenvalue weighted by molar-refractivity contribution is 7.85. The van der Waals surface area contributed by atoms with Gasteiger partial charge in [0.15, 0.2) is 0 Å². The summed E-state index contributed by atoms with van der Waals surface area (Å²) in [5.74, 6) is -0.849. The molecule has 160 valence electrons. The molecule has 30 heavy (non-hydrogen) atoms. The molecular weight excluding hydrogens is 420 g/mol. The zero-order valence-electron chi connectivity index (χ0n) is 16.8. The number of carbonyl (C=O) groups is 2. The van der Waals surface area contributed by atoms with Crippen LogP contribution in [-0.2, 0) is 32.6 Å². The van der Waals surface area contributed by atoms with Gasteiger partial charge in [0.1, 0.15) is 5.37 Å². The second-order valence-corrected chi connectivity index (χ2v) is 9.62. The van der Waals surface area contributed by atoms with E-state index in [1.807, 2.05) is 54.6 Å². The van der Waals surface area contributed by atoms with Gasteiger partial charge in [0, 0.05) is 28.8 Å². The Morgan fingerprint density at radius 1 is 1.00 bits per heavy atom. The molecule has 1 heterocycles. The van der Waals surface area contributed by atoms with Crippen molar-refractivity contribution >= 4 is 34.2 Å². The molecule has 2 amide bonds. The standard InChI is InChI=1S/C23H27ClN2O3S/c24-19-12-10-17(11-13-19)7-5-2-6-14-26-22(28)20(15-21(25)27)23(26)30(29)16-18-8-3-1-4-9-18/h1,3-4,8-13,20,23H,2,5-7,14-16H2,(H2,25,27). The SMILES string of the molecule is NC(=O)CC1C(=O)N(CCCCCc2ccc(Cl)cc2)C1S(=O)Cc1ccccc1. The summed E-state index contributed by atoms with van der Waals surface area (Å²) in [6.45, 7) is 0.555. The summed E-state index contributed by atoms with van der Waals surface area (Å²) in [5.41, 5.74) is 7.51. The first-order chi connectivity index (χ1) is 14.5. The van der Waals surface area contributed by atoms with Crippen molar-refractivity contribution in [2.24, 2.45) is 11.7 Å². The number of rotatable bonds is 11. The Hall–Kier alpha value is -2.18. The van der Waals surface area contributed by atoms with Crippen molar-refractivity contribution in [2.45, 2.75) is 43.2 Å². The van der Waals surface area contributed by atoms with E-state index in [1.165, 1.54) is 5.56 Å². The van der Waals surface area contributed by atoms with Crippen LogP contribution in [-0.4, -0.2) is 32.8 Å². The van der Waals surface area contributed by atoms with Gasteiger partial charge < -0.3 is 10.6 Å². The Morgan fingerprint density at radius 3 is 2.37 bits per heavy atom. The summed E-state index contributed by atoms with van der Waals surface area (Å²) < 4.78 is 13.0. The number of unbranched alkanes of at least 4 members (excludes halogenated alkanes) is 2. The van der Waals surface area contributed by atoms with Crippen LogP contribution in [0.5, 0.6) is 0 Å². The molecule has 0 spiro atoms. The minimum absolute atomic E-state index is 0.0445. The lowest BCUT2D eigenvalue weighted by atomic mass is 9.93. The Labute approximate surface area is 185 Å². The lowest BCUT2D eigenvalue weighted by Gasteiger charge is -2.46. The van der Waals surface area contributed by atoms with Crippen LogP contribution in [0, 0.1) is 5.92 Å². The van der Waals surface area contributed by atoms with Crippen LogP contribution in [0.2, 0.25) is 5.02 Å². The molecule has 0 aliphatic carbocycles. The lowest BCUT2D eigenvalue weighted by Crippen LogP contribution is -2.63. The van der Waals surface area contributed by atoms with Crippen LogP contribution in [0.1, 0.15) is 36.8 Å². The molecule has 1 aliphatic rings. The van der Waals surface area contributed by atoms with Crippen molar-refractivity contribution < 1.29 is 13.8 Å². The van der Waals surface area contributed by atoms with Crippen molar-refractivity contribution in [3.05, 3.63) is 70.7 Å². The largest absolute Gasteiger partial charge is 0.370 e. The van der Waals surface area contributed by atoms with Gasteiger partial charge in [0.25, 0.3) is 0 Å². The number of hydrogen-bond acceptors (Lipinski definition) is 3. The van der Waals surface area contributed by atoms with Gasteiger partial charge in [-0.05, 0) is 42.5 Å². The van der Waals surface area contributed by atoms with Crippen molar-refractivity contribution in [2.75, 3.05) is 6.54 Å². The van der Waals surface area contributed by atoms with E-state index >= 15 is 0 Å². The number of amides is 2. The van der Waals surface area contributed by atoms with Crippen molar-refractivity contribution in [3.8, 4) is 0 Å². The summed E-state index contributed by atoms with van der Waals surface area (Å²) in [5, 5.41) is 0.288. The monoisotopic (exact) mass is 446 g/mol. The Morgan fingerprint density at radius 2 is 1.70 bits per heavy atom. The fraction of sp³-hybridized carbons (Fsp3) is 0.391. The number of β-lactam (4-membered cyclic amide) rings is 1. The third kappa shape index (κ3) is 5.92. The average Bonchev–Trinajstić information content (AvgIpc) is 2.73. The van der Waals surface area contributed by atoms with Crippen LogP contribution in [0.3, 0.4) is 0 Å². The van der Waals surface area contributed by atoms with E-state index in [9.17, 15) is 13.8 Å². The van der Waals surface area contributed by atoms with E-state index in [4.69, 9.17) is 17.3 Å². The molecule has 5 nitrogen and oxygen atoms in total. The second-order valence-electron chi connectivity index (χ2n) is 7.65. The molecule has 2 aromatic rings. The first-order valence-corrected chi connectivity index (χ1v) is 12.0. The fourth-order valence-electron chi connectivity index (χ4n) is 3.83. The third-order valence-corrected chi connectivity index (χ3v) is 7.36. The first kappa shape index (κ1) is 22.5. The number of nitrogens with two attached hydrogens (primary N) is 1. The summed E-state index contributed by atoms with van der Waals surface area (Å²) in [7, 11) is -1.28. The minimum Gasteiger partial charge on any atom is -0.370 e. The molecule has 1 fully saturated rings. The van der Waals surface area contributed by atoms with Gasteiger partial charge in [-0.2, -0.15) is 0 Å². The van der Waals surface area contributed by atoms with Crippen molar-refractivity contribution in [3.63, 3.8) is 0 Å². The molecule has 0 bridgehead atoms. The van der Waals surface area contributed by atoms with Gasteiger partial charge in [-0.25, -0.2) is 0 Å². The second kappa shape index (κ2) is 10.7. The van der Waals surface area contributed by atoms with Crippen molar-refractivity contribution in [1.82, 2.24) is 4.90 Å². The molecule has 3 unspecified atom stereocenters. The molecule has 2 aromatic carbocycles. The Balaban J connectivity index is 1.52. The van der Waals surface area contributed by atoms with E-state index in [2.05, 4.69) is 0 Å². The maximum Gasteiger partial charge on any atom is 0.230 e. The summed E-state index contributed by atoms with van der Waals surface area (Å²) >= 11 is 5.91. The van der Waals surface area contributed by atoms with E-state index in [1.54, 1.807) is 4.90 Å². The molecule has 0 aromatic heterocycles. The van der Waals surface area contributed by atoms with Gasteiger partial charge in [-0.1, -0.05) is 60.5 Å². The highest BCUT2D eigenvalue weighted by Gasteiger charge is 2.50. The summed E-state index contributed by atoms with van der Waals surface area (Å²) in [6, 6.07) is 17.4. The fourth-order valence-corrected chi connectivity index (χ4v) is 5.72. The van der Waals surface area contributed by atoms with Gasteiger partial charge >= 0.3 is 0 Å². The number of hydrogen-bond donors (Lipinski definition) is 1. The van der Waals surface area contributed by atoms with Crippen LogP contribution < -0.4 is 5.73 Å². The number of benzene rings is 2. The number of carbonyl (C=O) groups excluding carboxylic acids is 2. The Kier molecular flexibility index (Phi) is 8.05. The normalized spacial score (nSPS) is 19.4. The molecule has 3 rings (SSSR count). The molecule has 0 radical (unpaired) electrons. The quantitative estimate of drug-likeness (QED) is 0.422. The minimum atomic E-state index is -1.28. The smallest absolute Gasteiger partial charge is 0.230 e. The number of primary amides is 1. The van der Waals surface area contributed by atoms with Crippen LogP contribution in [0.4, 0.5) is 0 Å². The number of likely N-dealkylation sites (tertiary alicyclic amines) is 1. The zero-order valence-corrected chi connectivity index (χ0v) is 18.4. The number of halogens is 1. The molecule has 1 aliphatic heterocycles. The van der Waals surface area contributed by atoms with E-state index < -0.39 is 28.0 Å². The predicted octanol–water partition coefficient (Wildman–Crippen LogP) is 3.66. The van der Waals surface area contributed by atoms with E-state index in [0.29, 0.717) is 12.3 Å². The summed E-state index contributed by atoms with van der Waals surface area (Å²) in [6.07, 6.45) is 3.72. The van der Waals surface area contributed by atoms with Gasteiger partial charge in [0.05, 0.1) is 11.7 Å². The first-order valence-electron chi connectivity index (χ1n) is 10.2. The molecular formula is C23H27ClN2O3S. The molecule has 3 atom stereocenters. The van der Waals surface area contributed by atoms with Crippen LogP contribution >= 0.6 is 11.6 Å². The zero-order chi connectivity index (χ0) is 21.5. The maximum atomic E-state index is 13.0. The van der Waals surface area contributed by atoms with E-state index in [0.717, 1.165) is 36.3 Å². The maximum absolute atomic E-state index is 13.0.